The lowest BCUT2D eigenvalue weighted by Gasteiger charge is -2.27. The number of nitrogens with zero attached hydrogens (tertiary/aromatic N) is 1. The van der Waals surface area contributed by atoms with Crippen LogP contribution in [0, 0.1) is 0 Å². The van der Waals surface area contributed by atoms with E-state index in [0.29, 0.717) is 12.3 Å². The van der Waals surface area contributed by atoms with Gasteiger partial charge in [0.25, 0.3) is 0 Å². The number of hydrogen-bond acceptors (Lipinski definition) is 4. The number of benzene rings is 2. The lowest BCUT2D eigenvalue weighted by molar-refractivity contribution is -0.139. The zero-order valence-electron chi connectivity index (χ0n) is 14.6. The van der Waals surface area contributed by atoms with Crippen molar-refractivity contribution in [2.75, 3.05) is 11.5 Å². The highest BCUT2D eigenvalue weighted by Crippen LogP contribution is 2.47. The van der Waals surface area contributed by atoms with Crippen LogP contribution in [-0.4, -0.2) is 29.6 Å². The van der Waals surface area contributed by atoms with Crippen molar-refractivity contribution >= 4 is 17.6 Å². The van der Waals surface area contributed by atoms with Crippen LogP contribution >= 0.6 is 0 Å². The first-order valence-corrected chi connectivity index (χ1v) is 8.53. The number of carbonyl (C=O) groups excluding carboxylic acids is 1. The molecule has 3 rings (SSSR count). The molecule has 6 heteroatoms. The maximum atomic E-state index is 11.6. The molecule has 0 aromatic heterocycles. The molecule has 2 aromatic carbocycles. The van der Waals surface area contributed by atoms with Crippen molar-refractivity contribution in [1.29, 1.82) is 0 Å². The zero-order valence-corrected chi connectivity index (χ0v) is 14.6. The molecule has 0 bridgehead atoms. The van der Waals surface area contributed by atoms with E-state index in [1.54, 1.807) is 6.07 Å². The van der Waals surface area contributed by atoms with Crippen LogP contribution in [0.2, 0.25) is 0 Å². The minimum absolute atomic E-state index is 0.0345. The van der Waals surface area contributed by atoms with Gasteiger partial charge in [0.05, 0.1) is 0 Å². The van der Waals surface area contributed by atoms with E-state index in [4.69, 9.17) is 15.6 Å². The van der Waals surface area contributed by atoms with Gasteiger partial charge in [-0.2, -0.15) is 0 Å². The number of fused-ring (bicyclic) bond motifs is 1. The van der Waals surface area contributed by atoms with Crippen LogP contribution in [0.25, 0.3) is 0 Å². The Balaban J connectivity index is 1.98. The van der Waals surface area contributed by atoms with Gasteiger partial charge < -0.3 is 20.5 Å². The second-order valence-corrected chi connectivity index (χ2v) is 6.50. The van der Waals surface area contributed by atoms with E-state index < -0.39 is 12.6 Å². The molecule has 26 heavy (non-hydrogen) atoms. The van der Waals surface area contributed by atoms with Crippen molar-refractivity contribution < 1.29 is 19.4 Å². The zero-order chi connectivity index (χ0) is 18.7. The van der Waals surface area contributed by atoms with Crippen LogP contribution in [-0.2, 0) is 16.1 Å². The number of carboxylic acids is 1. The molecule has 0 saturated carbocycles. The number of primary amides is 1. The van der Waals surface area contributed by atoms with Crippen LogP contribution in [0.4, 0.5) is 5.69 Å². The minimum atomic E-state index is -1.04. The normalized spacial score (nSPS) is 18.4. The summed E-state index contributed by atoms with van der Waals surface area (Å²) in [5.74, 6) is -1.07. The summed E-state index contributed by atoms with van der Waals surface area (Å²) in [6, 6.07) is 15.7. The highest BCUT2D eigenvalue weighted by molar-refractivity contribution is 5.78. The van der Waals surface area contributed by atoms with Crippen molar-refractivity contribution in [2.45, 2.75) is 31.8 Å². The second kappa shape index (κ2) is 7.47. The van der Waals surface area contributed by atoms with E-state index in [-0.39, 0.29) is 24.3 Å². The number of aliphatic carboxylic acids is 1. The van der Waals surface area contributed by atoms with E-state index in [1.165, 1.54) is 0 Å². The summed E-state index contributed by atoms with van der Waals surface area (Å²) in [7, 11) is 0. The number of rotatable bonds is 7. The van der Waals surface area contributed by atoms with Gasteiger partial charge in [-0.1, -0.05) is 36.4 Å². The summed E-state index contributed by atoms with van der Waals surface area (Å²) in [6.45, 7) is 2.32. The SMILES string of the molecule is CC1C(CC(N)=O)c2c(OCC(=O)O)cccc2N1Cc1ccccc1. The summed E-state index contributed by atoms with van der Waals surface area (Å²) >= 11 is 0. The Hall–Kier alpha value is -3.02. The van der Waals surface area contributed by atoms with Gasteiger partial charge in [-0.25, -0.2) is 4.79 Å². The molecule has 2 atom stereocenters. The predicted octanol–water partition coefficient (Wildman–Crippen LogP) is 2.52. The Morgan fingerprint density at radius 3 is 2.54 bits per heavy atom. The van der Waals surface area contributed by atoms with Gasteiger partial charge in [0, 0.05) is 36.2 Å². The summed E-state index contributed by atoms with van der Waals surface area (Å²) in [4.78, 5) is 24.7. The molecule has 3 N–H and O–H groups in total. The van der Waals surface area contributed by atoms with Gasteiger partial charge in [0.1, 0.15) is 5.75 Å². The fraction of sp³-hybridized carbons (Fsp3) is 0.300. The van der Waals surface area contributed by atoms with Crippen LogP contribution in [0.3, 0.4) is 0 Å². The highest BCUT2D eigenvalue weighted by atomic mass is 16.5. The number of amides is 1. The molecule has 0 fully saturated rings. The Morgan fingerprint density at radius 2 is 1.88 bits per heavy atom. The Kier molecular flexibility index (Phi) is 5.11. The molecule has 1 heterocycles. The molecule has 0 spiro atoms. The molecule has 0 aliphatic carbocycles. The third-order valence-electron chi connectivity index (χ3n) is 4.77. The number of carbonyl (C=O) groups is 2. The average molecular weight is 354 g/mol. The summed E-state index contributed by atoms with van der Waals surface area (Å²) < 4.78 is 5.49. The largest absolute Gasteiger partial charge is 0.482 e. The van der Waals surface area contributed by atoms with Gasteiger partial charge >= 0.3 is 5.97 Å². The first-order chi connectivity index (χ1) is 12.5. The van der Waals surface area contributed by atoms with Gasteiger partial charge in [-0.15, -0.1) is 0 Å². The van der Waals surface area contributed by atoms with E-state index in [9.17, 15) is 9.59 Å². The van der Waals surface area contributed by atoms with Gasteiger partial charge in [0.15, 0.2) is 6.61 Å². The summed E-state index contributed by atoms with van der Waals surface area (Å²) in [5, 5.41) is 8.92. The topological polar surface area (TPSA) is 92.9 Å². The highest BCUT2D eigenvalue weighted by Gasteiger charge is 2.38. The van der Waals surface area contributed by atoms with E-state index in [1.807, 2.05) is 30.3 Å². The van der Waals surface area contributed by atoms with Crippen molar-refractivity contribution in [3.05, 3.63) is 59.7 Å². The van der Waals surface area contributed by atoms with Gasteiger partial charge in [-0.3, -0.25) is 4.79 Å². The first kappa shape index (κ1) is 17.8. The van der Waals surface area contributed by atoms with Crippen molar-refractivity contribution in [3.8, 4) is 5.75 Å². The summed E-state index contributed by atoms with van der Waals surface area (Å²) in [5.41, 5.74) is 8.44. The fourth-order valence-corrected chi connectivity index (χ4v) is 3.60. The molecular weight excluding hydrogens is 332 g/mol. The number of carboxylic acid groups (broad SMARTS) is 1. The standard InChI is InChI=1S/C20H22N2O4/c1-13-15(10-18(21)23)20-16(8-5-9-17(20)26-12-19(24)25)22(13)11-14-6-3-2-4-7-14/h2-9,13,15H,10-12H2,1H3,(H2,21,23)(H,24,25). The number of anilines is 1. The molecular formula is C20H22N2O4. The molecule has 2 unspecified atom stereocenters. The number of hydrogen-bond donors (Lipinski definition) is 2. The van der Waals surface area contributed by atoms with Gasteiger partial charge in [-0.05, 0) is 24.6 Å². The maximum absolute atomic E-state index is 11.6. The van der Waals surface area contributed by atoms with Crippen LogP contribution < -0.4 is 15.4 Å². The van der Waals surface area contributed by atoms with Gasteiger partial charge in [0.2, 0.25) is 5.91 Å². The van der Waals surface area contributed by atoms with Crippen molar-refractivity contribution in [2.24, 2.45) is 5.73 Å². The monoisotopic (exact) mass is 354 g/mol. The lowest BCUT2D eigenvalue weighted by atomic mass is 9.91. The van der Waals surface area contributed by atoms with Crippen molar-refractivity contribution in [1.82, 2.24) is 0 Å². The first-order valence-electron chi connectivity index (χ1n) is 8.53. The quantitative estimate of drug-likeness (QED) is 0.797. The van der Waals surface area contributed by atoms with E-state index >= 15 is 0 Å². The molecule has 0 radical (unpaired) electrons. The second-order valence-electron chi connectivity index (χ2n) is 6.50. The third kappa shape index (κ3) is 3.64. The maximum Gasteiger partial charge on any atom is 0.341 e. The molecule has 0 saturated heterocycles. The Morgan fingerprint density at radius 1 is 1.15 bits per heavy atom. The average Bonchev–Trinajstić information content (AvgIpc) is 2.86. The fourth-order valence-electron chi connectivity index (χ4n) is 3.60. The third-order valence-corrected chi connectivity index (χ3v) is 4.77. The number of nitrogens with two attached hydrogens (primary N) is 1. The number of ether oxygens (including phenoxy) is 1. The van der Waals surface area contributed by atoms with E-state index in [0.717, 1.165) is 16.8 Å². The molecule has 1 aliphatic heterocycles. The molecule has 1 amide bonds. The smallest absolute Gasteiger partial charge is 0.341 e. The molecule has 2 aromatic rings. The minimum Gasteiger partial charge on any atom is -0.482 e. The van der Waals surface area contributed by atoms with E-state index in [2.05, 4.69) is 24.0 Å². The van der Waals surface area contributed by atoms with Crippen LogP contribution in [0.5, 0.6) is 5.75 Å². The predicted molar refractivity (Wildman–Crippen MR) is 98.2 cm³/mol. The lowest BCUT2D eigenvalue weighted by Crippen LogP contribution is -2.32. The van der Waals surface area contributed by atoms with Crippen LogP contribution in [0.15, 0.2) is 48.5 Å². The Bertz CT molecular complexity index is 807. The van der Waals surface area contributed by atoms with Crippen LogP contribution in [0.1, 0.15) is 30.4 Å². The Labute approximate surface area is 152 Å². The molecule has 6 nitrogen and oxygen atoms in total. The molecule has 1 aliphatic rings. The summed E-state index contributed by atoms with van der Waals surface area (Å²) in [6.07, 6.45) is 0.187. The molecule has 136 valence electrons. The van der Waals surface area contributed by atoms with Crippen molar-refractivity contribution in [3.63, 3.8) is 0 Å².